The Balaban J connectivity index is 1.21. The number of hydrogen-bond donors (Lipinski definition) is 5. The zero-order valence-electron chi connectivity index (χ0n) is 18.4. The van der Waals surface area contributed by atoms with Gasteiger partial charge in [0.05, 0.1) is 10.3 Å². The largest absolute Gasteiger partial charge is 0.369 e. The predicted octanol–water partition coefficient (Wildman–Crippen LogP) is 2.72. The number of piperazine rings is 1. The zero-order chi connectivity index (χ0) is 23.3. The van der Waals surface area contributed by atoms with E-state index in [2.05, 4.69) is 36.6 Å². The third-order valence-corrected chi connectivity index (χ3v) is 6.69. The summed E-state index contributed by atoms with van der Waals surface area (Å²) in [6.07, 6.45) is 0. The molecule has 1 aliphatic rings. The van der Waals surface area contributed by atoms with Gasteiger partial charge in [0.25, 0.3) is 11.8 Å². The molecule has 1 fully saturated rings. The number of hydrogen-bond acceptors (Lipinski definition) is 7. The lowest BCUT2D eigenvalue weighted by atomic mass is 10.1. The van der Waals surface area contributed by atoms with Crippen LogP contribution >= 0.6 is 11.3 Å². The number of hydrazine groups is 1. The van der Waals surface area contributed by atoms with Crippen molar-refractivity contribution in [3.8, 4) is 0 Å². The molecule has 2 aromatic carbocycles. The normalized spacial score (nSPS) is 13.7. The SMILES string of the molecule is O=C(Nc1[nH]nc2sc(C(=O)NNCc3ccccc3)cc12)c1ccc(N2CCNCC2)cc1. The van der Waals surface area contributed by atoms with E-state index >= 15 is 0 Å². The molecule has 34 heavy (non-hydrogen) atoms. The number of H-pyrrole nitrogens is 1. The van der Waals surface area contributed by atoms with Crippen LogP contribution in [0.15, 0.2) is 60.7 Å². The fourth-order valence-electron chi connectivity index (χ4n) is 3.83. The highest BCUT2D eigenvalue weighted by atomic mass is 32.1. The maximum absolute atomic E-state index is 12.8. The Morgan fingerprint density at radius 3 is 2.53 bits per heavy atom. The predicted molar refractivity (Wildman–Crippen MR) is 134 cm³/mol. The number of nitrogens with one attached hydrogen (secondary N) is 5. The van der Waals surface area contributed by atoms with Crippen LogP contribution in [-0.2, 0) is 6.54 Å². The van der Waals surface area contributed by atoms with E-state index in [1.54, 1.807) is 6.07 Å². The molecule has 1 saturated heterocycles. The number of carbonyl (C=O) groups excluding carboxylic acids is 2. The highest BCUT2D eigenvalue weighted by Crippen LogP contribution is 2.29. The Kier molecular flexibility index (Phi) is 6.52. The lowest BCUT2D eigenvalue weighted by molar-refractivity contribution is 0.0936. The third kappa shape index (κ3) is 4.93. The van der Waals surface area contributed by atoms with Gasteiger partial charge in [-0.25, -0.2) is 5.43 Å². The number of rotatable bonds is 7. The van der Waals surface area contributed by atoms with Crippen molar-refractivity contribution in [2.75, 3.05) is 36.4 Å². The van der Waals surface area contributed by atoms with Crippen molar-refractivity contribution >= 4 is 44.9 Å². The zero-order valence-corrected chi connectivity index (χ0v) is 19.2. The summed E-state index contributed by atoms with van der Waals surface area (Å²) in [4.78, 5) is 28.8. The molecule has 0 bridgehead atoms. The summed E-state index contributed by atoms with van der Waals surface area (Å²) in [5, 5.41) is 14.0. The summed E-state index contributed by atoms with van der Waals surface area (Å²) in [5.74, 6) is -0.0161. The second-order valence-corrected chi connectivity index (χ2v) is 8.99. The number of amides is 2. The van der Waals surface area contributed by atoms with Gasteiger partial charge in [0.15, 0.2) is 0 Å². The van der Waals surface area contributed by atoms with Crippen molar-refractivity contribution in [1.82, 2.24) is 26.4 Å². The first kappa shape index (κ1) is 22.1. The molecule has 2 aromatic heterocycles. The van der Waals surface area contributed by atoms with E-state index in [0.29, 0.717) is 33.0 Å². The van der Waals surface area contributed by atoms with Crippen molar-refractivity contribution in [3.63, 3.8) is 0 Å². The lowest BCUT2D eigenvalue weighted by Gasteiger charge is -2.29. The highest BCUT2D eigenvalue weighted by molar-refractivity contribution is 7.20. The Labute approximate surface area is 200 Å². The Morgan fingerprint density at radius 2 is 1.76 bits per heavy atom. The van der Waals surface area contributed by atoms with E-state index in [0.717, 1.165) is 37.4 Å². The van der Waals surface area contributed by atoms with Crippen molar-refractivity contribution in [2.24, 2.45) is 0 Å². The highest BCUT2D eigenvalue weighted by Gasteiger charge is 2.17. The number of carbonyl (C=O) groups is 2. The first-order chi connectivity index (χ1) is 16.7. The van der Waals surface area contributed by atoms with Crippen LogP contribution < -0.4 is 26.4 Å². The first-order valence-electron chi connectivity index (χ1n) is 11.1. The molecule has 3 heterocycles. The number of nitrogens with zero attached hydrogens (tertiary/aromatic N) is 2. The van der Waals surface area contributed by atoms with Gasteiger partial charge in [-0.15, -0.1) is 11.3 Å². The van der Waals surface area contributed by atoms with E-state index in [1.807, 2.05) is 54.6 Å². The van der Waals surface area contributed by atoms with Gasteiger partial charge < -0.3 is 15.5 Å². The quantitative estimate of drug-likeness (QED) is 0.263. The molecule has 0 saturated carbocycles. The molecule has 0 unspecified atom stereocenters. The number of thiophene rings is 1. The van der Waals surface area contributed by atoms with Gasteiger partial charge in [-0.1, -0.05) is 30.3 Å². The summed E-state index contributed by atoms with van der Waals surface area (Å²) in [6.45, 7) is 4.34. The summed E-state index contributed by atoms with van der Waals surface area (Å²) < 4.78 is 0. The summed E-state index contributed by atoms with van der Waals surface area (Å²) in [5.41, 5.74) is 8.37. The Hall–Kier alpha value is -3.73. The number of anilines is 2. The van der Waals surface area contributed by atoms with Crippen molar-refractivity contribution < 1.29 is 9.59 Å². The van der Waals surface area contributed by atoms with Crippen molar-refractivity contribution in [1.29, 1.82) is 0 Å². The van der Waals surface area contributed by atoms with Crippen molar-refractivity contribution in [3.05, 3.63) is 76.7 Å². The molecule has 4 aromatic rings. The van der Waals surface area contributed by atoms with Gasteiger partial charge in [-0.3, -0.25) is 20.1 Å². The molecular weight excluding hydrogens is 450 g/mol. The maximum atomic E-state index is 12.8. The van der Waals surface area contributed by atoms with Crippen LogP contribution in [0.5, 0.6) is 0 Å². The lowest BCUT2D eigenvalue weighted by Crippen LogP contribution is -2.43. The van der Waals surface area contributed by atoms with E-state index in [1.165, 1.54) is 11.3 Å². The summed E-state index contributed by atoms with van der Waals surface area (Å²) in [7, 11) is 0. The molecule has 10 heteroatoms. The molecule has 9 nitrogen and oxygen atoms in total. The minimum atomic E-state index is -0.250. The van der Waals surface area contributed by atoms with Crippen LogP contribution in [0.25, 0.3) is 10.2 Å². The molecule has 0 aliphatic carbocycles. The molecular formula is C24H25N7O2S. The number of fused-ring (bicyclic) bond motifs is 1. The van der Waals surface area contributed by atoms with Crippen LogP contribution in [0.1, 0.15) is 25.6 Å². The minimum Gasteiger partial charge on any atom is -0.369 e. The molecule has 2 amide bonds. The molecule has 174 valence electrons. The van der Waals surface area contributed by atoms with Gasteiger partial charge in [0.1, 0.15) is 10.6 Å². The molecule has 5 N–H and O–H groups in total. The third-order valence-electron chi connectivity index (χ3n) is 5.66. The fraction of sp³-hybridized carbons (Fsp3) is 0.208. The average molecular weight is 476 g/mol. The standard InChI is InChI=1S/C24H25N7O2S/c32-22(17-6-8-18(9-7-17)31-12-10-25-11-13-31)27-21-19-14-20(34-24(19)30-28-21)23(33)29-26-15-16-4-2-1-3-5-16/h1-9,14,25-26H,10-13,15H2,(H,29,33)(H2,27,28,30,32). The van der Waals surface area contributed by atoms with Crippen LogP contribution in [0.3, 0.4) is 0 Å². The van der Waals surface area contributed by atoms with Gasteiger partial charge >= 0.3 is 0 Å². The van der Waals surface area contributed by atoms with Gasteiger partial charge in [0.2, 0.25) is 0 Å². The van der Waals surface area contributed by atoms with Crippen LogP contribution in [0.4, 0.5) is 11.5 Å². The summed E-state index contributed by atoms with van der Waals surface area (Å²) in [6, 6.07) is 19.1. The Bertz CT molecular complexity index is 1280. The van der Waals surface area contributed by atoms with E-state index < -0.39 is 0 Å². The van der Waals surface area contributed by atoms with Gasteiger partial charge in [0, 0.05) is 44.0 Å². The monoisotopic (exact) mass is 475 g/mol. The topological polar surface area (TPSA) is 114 Å². The van der Waals surface area contributed by atoms with Crippen molar-refractivity contribution in [2.45, 2.75) is 6.54 Å². The number of aromatic amines is 1. The Morgan fingerprint density at radius 1 is 1.00 bits per heavy atom. The maximum Gasteiger partial charge on any atom is 0.275 e. The second kappa shape index (κ2) is 10.0. The molecule has 0 atom stereocenters. The average Bonchev–Trinajstić information content (AvgIpc) is 3.47. The number of aromatic nitrogens is 2. The first-order valence-corrected chi connectivity index (χ1v) is 11.9. The van der Waals surface area contributed by atoms with Crippen LogP contribution in [-0.4, -0.2) is 48.2 Å². The van der Waals surface area contributed by atoms with Crippen LogP contribution in [0, 0.1) is 0 Å². The smallest absolute Gasteiger partial charge is 0.275 e. The van der Waals surface area contributed by atoms with E-state index in [9.17, 15) is 9.59 Å². The number of benzene rings is 2. The van der Waals surface area contributed by atoms with Gasteiger partial charge in [-0.2, -0.15) is 5.10 Å². The molecule has 5 rings (SSSR count). The summed E-state index contributed by atoms with van der Waals surface area (Å²) >= 11 is 1.26. The van der Waals surface area contributed by atoms with E-state index in [-0.39, 0.29) is 11.8 Å². The van der Waals surface area contributed by atoms with Crippen LogP contribution in [0.2, 0.25) is 0 Å². The second-order valence-electron chi connectivity index (χ2n) is 7.96. The minimum absolute atomic E-state index is 0.237. The molecule has 0 radical (unpaired) electrons. The van der Waals surface area contributed by atoms with Gasteiger partial charge in [-0.05, 0) is 35.9 Å². The van der Waals surface area contributed by atoms with E-state index in [4.69, 9.17) is 0 Å². The fourth-order valence-corrected chi connectivity index (χ4v) is 4.73. The molecule has 1 aliphatic heterocycles. The molecule has 0 spiro atoms.